The van der Waals surface area contributed by atoms with Crippen LogP contribution in [0.2, 0.25) is 0 Å². The number of amides is 1. The van der Waals surface area contributed by atoms with E-state index in [1.54, 1.807) is 24.5 Å². The summed E-state index contributed by atoms with van der Waals surface area (Å²) in [6.07, 6.45) is 4.17. The zero-order valence-electron chi connectivity index (χ0n) is 10.3. The molecular weight excluding hydrogens is 228 g/mol. The summed E-state index contributed by atoms with van der Waals surface area (Å²) in [5.74, 6) is -0.0707. The fourth-order valence-electron chi connectivity index (χ4n) is 1.67. The fourth-order valence-corrected chi connectivity index (χ4v) is 1.67. The highest BCUT2D eigenvalue weighted by Crippen LogP contribution is 2.10. The van der Waals surface area contributed by atoms with E-state index >= 15 is 0 Å². The molecule has 0 aliphatic carbocycles. The van der Waals surface area contributed by atoms with Gasteiger partial charge in [-0.25, -0.2) is 0 Å². The van der Waals surface area contributed by atoms with Gasteiger partial charge in [-0.15, -0.1) is 0 Å². The number of benzene rings is 1. The Kier molecular flexibility index (Phi) is 4.20. The Bertz CT molecular complexity index is 541. The number of nitrogens with zero attached hydrogens (tertiary/aromatic N) is 2. The maximum absolute atomic E-state index is 11.9. The van der Waals surface area contributed by atoms with Gasteiger partial charge in [0.05, 0.1) is 11.0 Å². The summed E-state index contributed by atoms with van der Waals surface area (Å²) < 4.78 is 0. The molecule has 0 spiro atoms. The zero-order chi connectivity index (χ0) is 12.8. The minimum Gasteiger partial charge on any atom is -0.352 e. The highest BCUT2D eigenvalue weighted by atomic mass is 16.1. The molecular formula is C13H16N4O. The molecule has 1 heterocycles. The molecule has 0 bridgehead atoms. The molecule has 0 fully saturated rings. The maximum Gasteiger partial charge on any atom is 0.251 e. The zero-order valence-corrected chi connectivity index (χ0v) is 10.3. The molecule has 0 unspecified atom stereocenters. The lowest BCUT2D eigenvalue weighted by atomic mass is 10.2. The number of hydrogen-bond donors (Lipinski definition) is 2. The Morgan fingerprint density at radius 1 is 1.17 bits per heavy atom. The minimum absolute atomic E-state index is 0.0707. The van der Waals surface area contributed by atoms with Gasteiger partial charge in [0.2, 0.25) is 0 Å². The summed E-state index contributed by atoms with van der Waals surface area (Å²) >= 11 is 0. The van der Waals surface area contributed by atoms with E-state index in [-0.39, 0.29) is 5.91 Å². The number of fused-ring (bicyclic) bond motifs is 1. The van der Waals surface area contributed by atoms with Crippen LogP contribution in [-0.2, 0) is 0 Å². The van der Waals surface area contributed by atoms with Crippen molar-refractivity contribution in [3.63, 3.8) is 0 Å². The largest absolute Gasteiger partial charge is 0.352 e. The van der Waals surface area contributed by atoms with E-state index in [0.29, 0.717) is 12.1 Å². The number of hydrogen-bond acceptors (Lipinski definition) is 4. The van der Waals surface area contributed by atoms with E-state index in [9.17, 15) is 4.79 Å². The second kappa shape index (κ2) is 6.07. The topological polar surface area (TPSA) is 66.9 Å². The van der Waals surface area contributed by atoms with Crippen LogP contribution in [-0.4, -0.2) is 36.0 Å². The van der Waals surface area contributed by atoms with Gasteiger partial charge >= 0.3 is 0 Å². The Hall–Kier alpha value is -2.01. The highest BCUT2D eigenvalue weighted by molar-refractivity contribution is 5.97. The summed E-state index contributed by atoms with van der Waals surface area (Å²) in [6, 6.07) is 5.34. The van der Waals surface area contributed by atoms with E-state index in [1.165, 1.54) is 0 Å². The van der Waals surface area contributed by atoms with Crippen molar-refractivity contribution < 1.29 is 4.79 Å². The van der Waals surface area contributed by atoms with Crippen LogP contribution in [0.5, 0.6) is 0 Å². The van der Waals surface area contributed by atoms with Crippen LogP contribution >= 0.6 is 0 Å². The van der Waals surface area contributed by atoms with Crippen LogP contribution in [0, 0.1) is 0 Å². The molecule has 94 valence electrons. The van der Waals surface area contributed by atoms with Crippen molar-refractivity contribution in [3.05, 3.63) is 36.2 Å². The third-order valence-electron chi connectivity index (χ3n) is 2.62. The van der Waals surface area contributed by atoms with Crippen molar-refractivity contribution in [1.82, 2.24) is 20.6 Å². The van der Waals surface area contributed by atoms with Crippen LogP contribution in [0.3, 0.4) is 0 Å². The van der Waals surface area contributed by atoms with Crippen LogP contribution in [0.1, 0.15) is 16.8 Å². The molecule has 0 saturated heterocycles. The number of carbonyl (C=O) groups is 1. The van der Waals surface area contributed by atoms with Gasteiger partial charge in [-0.05, 0) is 38.2 Å². The van der Waals surface area contributed by atoms with Gasteiger partial charge in [0.15, 0.2) is 0 Å². The Labute approximate surface area is 106 Å². The summed E-state index contributed by atoms with van der Waals surface area (Å²) in [5, 5.41) is 5.91. The molecule has 2 aromatic rings. The molecule has 1 aromatic heterocycles. The van der Waals surface area contributed by atoms with Crippen LogP contribution in [0.4, 0.5) is 0 Å². The van der Waals surface area contributed by atoms with E-state index in [1.807, 2.05) is 13.1 Å². The highest BCUT2D eigenvalue weighted by Gasteiger charge is 2.06. The van der Waals surface area contributed by atoms with Crippen molar-refractivity contribution in [2.75, 3.05) is 20.1 Å². The second-order valence-electron chi connectivity index (χ2n) is 3.97. The molecule has 1 amide bonds. The van der Waals surface area contributed by atoms with Gasteiger partial charge in [-0.3, -0.25) is 14.8 Å². The van der Waals surface area contributed by atoms with Crippen molar-refractivity contribution in [2.45, 2.75) is 6.42 Å². The molecule has 0 radical (unpaired) electrons. The summed E-state index contributed by atoms with van der Waals surface area (Å²) in [6.45, 7) is 1.56. The Morgan fingerprint density at radius 3 is 2.72 bits per heavy atom. The number of rotatable bonds is 5. The van der Waals surface area contributed by atoms with Crippen LogP contribution in [0.15, 0.2) is 30.6 Å². The predicted octanol–water partition coefficient (Wildman–Crippen LogP) is 0.969. The van der Waals surface area contributed by atoms with Gasteiger partial charge < -0.3 is 10.6 Å². The van der Waals surface area contributed by atoms with E-state index in [0.717, 1.165) is 24.0 Å². The van der Waals surface area contributed by atoms with Crippen molar-refractivity contribution >= 4 is 16.9 Å². The number of aromatic nitrogens is 2. The normalized spacial score (nSPS) is 10.5. The van der Waals surface area contributed by atoms with E-state index in [2.05, 4.69) is 20.6 Å². The molecule has 1 aromatic carbocycles. The van der Waals surface area contributed by atoms with Crippen molar-refractivity contribution in [2.24, 2.45) is 0 Å². The molecule has 5 heteroatoms. The summed E-state index contributed by atoms with van der Waals surface area (Å²) in [5.41, 5.74) is 2.15. The molecule has 0 aliphatic rings. The maximum atomic E-state index is 11.9. The second-order valence-corrected chi connectivity index (χ2v) is 3.97. The number of carbonyl (C=O) groups excluding carboxylic acids is 1. The first-order chi connectivity index (χ1) is 8.81. The van der Waals surface area contributed by atoms with Gasteiger partial charge in [0.25, 0.3) is 5.91 Å². The van der Waals surface area contributed by atoms with Crippen molar-refractivity contribution in [3.8, 4) is 0 Å². The standard InChI is InChI=1S/C13H16N4O/c1-14-5-2-6-17-13(18)10-3-4-11-12(9-10)16-8-7-15-11/h3-4,7-9,14H,2,5-6H2,1H3,(H,17,18). The minimum atomic E-state index is -0.0707. The molecule has 0 aliphatic heterocycles. The van der Waals surface area contributed by atoms with Gasteiger partial charge in [0.1, 0.15) is 0 Å². The fraction of sp³-hybridized carbons (Fsp3) is 0.308. The van der Waals surface area contributed by atoms with Crippen molar-refractivity contribution in [1.29, 1.82) is 0 Å². The first-order valence-electron chi connectivity index (χ1n) is 5.95. The molecule has 5 nitrogen and oxygen atoms in total. The lowest BCUT2D eigenvalue weighted by Gasteiger charge is -2.05. The number of nitrogens with one attached hydrogen (secondary N) is 2. The summed E-state index contributed by atoms with van der Waals surface area (Å²) in [7, 11) is 1.89. The monoisotopic (exact) mass is 244 g/mol. The molecule has 2 N–H and O–H groups in total. The van der Waals surface area contributed by atoms with E-state index in [4.69, 9.17) is 0 Å². The smallest absolute Gasteiger partial charge is 0.251 e. The predicted molar refractivity (Wildman–Crippen MR) is 70.4 cm³/mol. The molecule has 0 atom stereocenters. The first-order valence-corrected chi connectivity index (χ1v) is 5.95. The Morgan fingerprint density at radius 2 is 1.94 bits per heavy atom. The molecule has 18 heavy (non-hydrogen) atoms. The van der Waals surface area contributed by atoms with Gasteiger partial charge in [-0.1, -0.05) is 0 Å². The van der Waals surface area contributed by atoms with E-state index < -0.39 is 0 Å². The van der Waals surface area contributed by atoms with Crippen LogP contribution in [0.25, 0.3) is 11.0 Å². The van der Waals surface area contributed by atoms with Gasteiger partial charge in [0, 0.05) is 24.5 Å². The summed E-state index contributed by atoms with van der Waals surface area (Å²) in [4.78, 5) is 20.2. The SMILES string of the molecule is CNCCCNC(=O)c1ccc2nccnc2c1. The van der Waals surface area contributed by atoms with Crippen LogP contribution < -0.4 is 10.6 Å². The average Bonchev–Trinajstić information content (AvgIpc) is 2.43. The molecule has 2 rings (SSSR count). The average molecular weight is 244 g/mol. The third kappa shape index (κ3) is 3.01. The first kappa shape index (κ1) is 12.4. The Balaban J connectivity index is 2.04. The quantitative estimate of drug-likeness (QED) is 0.769. The van der Waals surface area contributed by atoms with Gasteiger partial charge in [-0.2, -0.15) is 0 Å². The molecule has 0 saturated carbocycles. The lowest BCUT2D eigenvalue weighted by Crippen LogP contribution is -2.26. The third-order valence-corrected chi connectivity index (χ3v) is 2.62. The lowest BCUT2D eigenvalue weighted by molar-refractivity contribution is 0.0953.